The predicted molar refractivity (Wildman–Crippen MR) is 81.2 cm³/mol. The van der Waals surface area contributed by atoms with Gasteiger partial charge >= 0.3 is 0 Å². The molecule has 0 aromatic carbocycles. The summed E-state index contributed by atoms with van der Waals surface area (Å²) < 4.78 is 0.953. The fourth-order valence-electron chi connectivity index (χ4n) is 1.48. The van der Waals surface area contributed by atoms with Crippen LogP contribution in [-0.2, 0) is 5.41 Å². The molecule has 0 atom stereocenters. The molecule has 3 nitrogen and oxygen atoms in total. The van der Waals surface area contributed by atoms with E-state index in [0.717, 1.165) is 14.8 Å². The largest absolute Gasteiger partial charge is 0.383 e. The van der Waals surface area contributed by atoms with Crippen LogP contribution in [0.15, 0.2) is 16.8 Å². The van der Waals surface area contributed by atoms with Crippen molar-refractivity contribution in [1.82, 2.24) is 9.97 Å². The molecule has 2 heterocycles. The van der Waals surface area contributed by atoms with Crippen molar-refractivity contribution in [2.24, 2.45) is 0 Å². The van der Waals surface area contributed by atoms with Gasteiger partial charge in [0.25, 0.3) is 0 Å². The summed E-state index contributed by atoms with van der Waals surface area (Å²) in [7, 11) is 0. The lowest BCUT2D eigenvalue weighted by Crippen LogP contribution is -2.18. The van der Waals surface area contributed by atoms with E-state index in [0.29, 0.717) is 11.6 Å². The highest BCUT2D eigenvalue weighted by atomic mass is 127. The van der Waals surface area contributed by atoms with Crippen LogP contribution in [0, 0.1) is 3.57 Å². The number of rotatable bonds is 1. The fourth-order valence-corrected chi connectivity index (χ4v) is 3.17. The van der Waals surface area contributed by atoms with E-state index in [1.54, 1.807) is 11.3 Å². The molecule has 0 spiro atoms. The van der Waals surface area contributed by atoms with Crippen LogP contribution < -0.4 is 5.73 Å². The lowest BCUT2D eigenvalue weighted by atomic mass is 9.92. The number of aromatic nitrogens is 2. The van der Waals surface area contributed by atoms with E-state index in [1.165, 1.54) is 0 Å². The number of anilines is 1. The van der Waals surface area contributed by atoms with E-state index in [-0.39, 0.29) is 5.41 Å². The van der Waals surface area contributed by atoms with Crippen molar-refractivity contribution in [3.63, 3.8) is 0 Å². The summed E-state index contributed by atoms with van der Waals surface area (Å²) in [4.78, 5) is 9.01. The Bertz CT molecular complexity index is 529. The van der Waals surface area contributed by atoms with Gasteiger partial charge in [-0.1, -0.05) is 20.8 Å². The molecule has 0 amide bonds. The van der Waals surface area contributed by atoms with Crippen LogP contribution in [0.1, 0.15) is 26.5 Å². The zero-order chi connectivity index (χ0) is 12.6. The average Bonchev–Trinajstić information content (AvgIpc) is 2.73. The van der Waals surface area contributed by atoms with Gasteiger partial charge in [-0.2, -0.15) is 11.3 Å². The second-order valence-corrected chi connectivity index (χ2v) is 6.72. The number of hydrogen-bond acceptors (Lipinski definition) is 4. The Labute approximate surface area is 119 Å². The van der Waals surface area contributed by atoms with Gasteiger partial charge in [0, 0.05) is 16.4 Å². The maximum absolute atomic E-state index is 5.97. The summed E-state index contributed by atoms with van der Waals surface area (Å²) >= 11 is 3.85. The normalized spacial score (nSPS) is 11.8. The molecule has 2 N–H and O–H groups in total. The van der Waals surface area contributed by atoms with Crippen molar-refractivity contribution in [3.05, 3.63) is 26.1 Å². The van der Waals surface area contributed by atoms with Crippen molar-refractivity contribution in [2.45, 2.75) is 26.2 Å². The molecule has 5 heteroatoms. The number of thiophene rings is 1. The van der Waals surface area contributed by atoms with Gasteiger partial charge in [0.2, 0.25) is 0 Å². The number of nitrogens with two attached hydrogens (primary N) is 1. The molecule has 2 aromatic rings. The molecule has 0 bridgehead atoms. The first-order valence-electron chi connectivity index (χ1n) is 5.25. The molecule has 90 valence electrons. The van der Waals surface area contributed by atoms with Crippen LogP contribution in [0.2, 0.25) is 0 Å². The second kappa shape index (κ2) is 4.53. The minimum absolute atomic E-state index is 0.0294. The summed E-state index contributed by atoms with van der Waals surface area (Å²) in [5, 5.41) is 4.05. The van der Waals surface area contributed by atoms with E-state index >= 15 is 0 Å². The first-order valence-corrected chi connectivity index (χ1v) is 7.28. The highest BCUT2D eigenvalue weighted by molar-refractivity contribution is 14.1. The Morgan fingerprint density at radius 1 is 1.29 bits per heavy atom. The van der Waals surface area contributed by atoms with E-state index < -0.39 is 0 Å². The van der Waals surface area contributed by atoms with E-state index in [9.17, 15) is 0 Å². The van der Waals surface area contributed by atoms with Crippen molar-refractivity contribution >= 4 is 39.7 Å². The third kappa shape index (κ3) is 2.60. The lowest BCUT2D eigenvalue weighted by molar-refractivity contribution is 0.564. The molecular weight excluding hydrogens is 345 g/mol. The van der Waals surface area contributed by atoms with Crippen molar-refractivity contribution in [3.8, 4) is 11.4 Å². The molecule has 0 radical (unpaired) electrons. The van der Waals surface area contributed by atoms with Gasteiger partial charge in [0.1, 0.15) is 5.82 Å². The number of hydrogen-bond donors (Lipinski definition) is 1. The van der Waals surface area contributed by atoms with E-state index in [4.69, 9.17) is 5.73 Å². The molecule has 17 heavy (non-hydrogen) atoms. The maximum atomic E-state index is 5.97. The first-order chi connectivity index (χ1) is 7.89. The summed E-state index contributed by atoms with van der Waals surface area (Å²) in [6.07, 6.45) is 0. The maximum Gasteiger partial charge on any atom is 0.162 e. The summed E-state index contributed by atoms with van der Waals surface area (Å²) in [6, 6.07) is 2.01. The van der Waals surface area contributed by atoms with Gasteiger partial charge in [0.05, 0.1) is 9.26 Å². The summed E-state index contributed by atoms with van der Waals surface area (Å²) in [6.45, 7) is 6.40. The van der Waals surface area contributed by atoms with Gasteiger partial charge in [0.15, 0.2) is 5.82 Å². The quantitative estimate of drug-likeness (QED) is 0.791. The fraction of sp³-hybridized carbons (Fsp3) is 0.333. The lowest BCUT2D eigenvalue weighted by Gasteiger charge is -2.20. The SMILES string of the molecule is CC(C)(C)c1nc(-c2ccsc2)nc(N)c1I. The minimum atomic E-state index is -0.0294. The zero-order valence-electron chi connectivity index (χ0n) is 9.99. The van der Waals surface area contributed by atoms with Gasteiger partial charge in [-0.3, -0.25) is 0 Å². The van der Waals surface area contributed by atoms with E-state index in [1.807, 2.05) is 16.8 Å². The van der Waals surface area contributed by atoms with Gasteiger partial charge < -0.3 is 5.73 Å². The van der Waals surface area contributed by atoms with E-state index in [2.05, 4.69) is 53.3 Å². The van der Waals surface area contributed by atoms with Crippen molar-refractivity contribution in [1.29, 1.82) is 0 Å². The molecule has 2 rings (SSSR count). The third-order valence-electron chi connectivity index (χ3n) is 2.37. The average molecular weight is 359 g/mol. The monoisotopic (exact) mass is 359 g/mol. The van der Waals surface area contributed by atoms with Crippen molar-refractivity contribution in [2.75, 3.05) is 5.73 Å². The molecular formula is C12H14IN3S. The first kappa shape index (κ1) is 12.8. The molecule has 0 aliphatic rings. The Balaban J connectivity index is 2.62. The second-order valence-electron chi connectivity index (χ2n) is 4.86. The van der Waals surface area contributed by atoms with Crippen molar-refractivity contribution < 1.29 is 0 Å². The third-order valence-corrected chi connectivity index (χ3v) is 4.11. The molecule has 0 fully saturated rings. The van der Waals surface area contributed by atoms with Crippen LogP contribution >= 0.6 is 33.9 Å². The molecule has 2 aromatic heterocycles. The predicted octanol–water partition coefficient (Wildman–Crippen LogP) is 3.69. The van der Waals surface area contributed by atoms with Gasteiger partial charge in [-0.05, 0) is 34.0 Å². The molecule has 0 aliphatic carbocycles. The van der Waals surface area contributed by atoms with Crippen LogP contribution in [0.4, 0.5) is 5.82 Å². The van der Waals surface area contributed by atoms with Crippen LogP contribution in [0.5, 0.6) is 0 Å². The molecule has 0 aliphatic heterocycles. The highest BCUT2D eigenvalue weighted by Crippen LogP contribution is 2.30. The Morgan fingerprint density at radius 3 is 2.53 bits per heavy atom. The van der Waals surface area contributed by atoms with Crippen LogP contribution in [0.25, 0.3) is 11.4 Å². The summed E-state index contributed by atoms with van der Waals surface area (Å²) in [5.41, 5.74) is 7.98. The minimum Gasteiger partial charge on any atom is -0.383 e. The zero-order valence-corrected chi connectivity index (χ0v) is 13.0. The van der Waals surface area contributed by atoms with Gasteiger partial charge in [-0.25, -0.2) is 9.97 Å². The molecule has 0 saturated heterocycles. The smallest absolute Gasteiger partial charge is 0.162 e. The van der Waals surface area contributed by atoms with Crippen LogP contribution in [0.3, 0.4) is 0 Å². The Hall–Kier alpha value is -0.690. The number of nitrogen functional groups attached to an aromatic ring is 1. The molecule has 0 saturated carbocycles. The van der Waals surface area contributed by atoms with Gasteiger partial charge in [-0.15, -0.1) is 0 Å². The van der Waals surface area contributed by atoms with Crippen LogP contribution in [-0.4, -0.2) is 9.97 Å². The standard InChI is InChI=1S/C12H14IN3S/c1-12(2,3)9-8(13)10(14)16-11(15-9)7-4-5-17-6-7/h4-6H,1-3H3,(H2,14,15,16). The molecule has 0 unspecified atom stereocenters. The number of halogens is 1. The highest BCUT2D eigenvalue weighted by Gasteiger charge is 2.22. The number of nitrogens with zero attached hydrogens (tertiary/aromatic N) is 2. The topological polar surface area (TPSA) is 51.8 Å². The summed E-state index contributed by atoms with van der Waals surface area (Å²) in [5.74, 6) is 1.28. The Morgan fingerprint density at radius 2 is 2.00 bits per heavy atom. The Kier molecular flexibility index (Phi) is 3.40.